The van der Waals surface area contributed by atoms with Crippen LogP contribution in [0.25, 0.3) is 11.3 Å². The van der Waals surface area contributed by atoms with Crippen LogP contribution in [-0.2, 0) is 6.42 Å². The highest BCUT2D eigenvalue weighted by atomic mass is 14.9. The van der Waals surface area contributed by atoms with Crippen molar-refractivity contribution < 1.29 is 0 Å². The second-order valence-electron chi connectivity index (χ2n) is 3.25. The molecule has 0 saturated heterocycles. The van der Waals surface area contributed by atoms with Crippen LogP contribution < -0.4 is 0 Å². The number of aryl methyl sites for hydroxylation is 1. The number of rotatable bonds is 2. The maximum atomic E-state index is 8.60. The number of hydrogen-bond acceptors (Lipinski definition) is 3. The van der Waals surface area contributed by atoms with E-state index >= 15 is 0 Å². The van der Waals surface area contributed by atoms with E-state index in [0.29, 0.717) is 5.82 Å². The third-order valence-electron chi connectivity index (χ3n) is 2.03. The zero-order valence-electron chi connectivity index (χ0n) is 8.36. The van der Waals surface area contributed by atoms with Crippen molar-refractivity contribution in [1.82, 2.24) is 15.0 Å². The third-order valence-corrected chi connectivity index (χ3v) is 2.03. The molecule has 0 saturated carbocycles. The van der Waals surface area contributed by atoms with Crippen molar-refractivity contribution in [3.8, 4) is 17.3 Å². The quantitative estimate of drug-likeness (QED) is 0.800. The van der Waals surface area contributed by atoms with E-state index in [4.69, 9.17) is 5.26 Å². The lowest BCUT2D eigenvalue weighted by Crippen LogP contribution is -1.97. The van der Waals surface area contributed by atoms with Crippen LogP contribution in [0.2, 0.25) is 0 Å². The molecule has 0 unspecified atom stereocenters. The molecule has 0 aliphatic heterocycles. The first-order valence-electron chi connectivity index (χ1n) is 4.64. The fraction of sp³-hybridized carbons (Fsp3) is 0.182. The Morgan fingerprint density at radius 1 is 1.47 bits per heavy atom. The maximum absolute atomic E-state index is 8.60. The maximum Gasteiger partial charge on any atom is 0.143 e. The standard InChI is InChI=1S/C11H10N4/c1-8-6-10(9-3-5-13-7-9)15-11(14-8)2-4-12/h3,5-7,13H,2H2,1H3. The van der Waals surface area contributed by atoms with Crippen molar-refractivity contribution in [3.05, 3.63) is 36.0 Å². The first kappa shape index (κ1) is 9.41. The van der Waals surface area contributed by atoms with E-state index in [1.54, 1.807) is 0 Å². The lowest BCUT2D eigenvalue weighted by molar-refractivity contribution is 0.969. The summed E-state index contributed by atoms with van der Waals surface area (Å²) in [6.45, 7) is 1.90. The van der Waals surface area contributed by atoms with Gasteiger partial charge >= 0.3 is 0 Å². The number of aromatic amines is 1. The van der Waals surface area contributed by atoms with Gasteiger partial charge in [-0.25, -0.2) is 9.97 Å². The minimum absolute atomic E-state index is 0.249. The van der Waals surface area contributed by atoms with Crippen molar-refractivity contribution in [1.29, 1.82) is 5.26 Å². The Morgan fingerprint density at radius 2 is 2.33 bits per heavy atom. The first-order valence-corrected chi connectivity index (χ1v) is 4.64. The largest absolute Gasteiger partial charge is 0.367 e. The van der Waals surface area contributed by atoms with Crippen molar-refractivity contribution >= 4 is 0 Å². The Kier molecular flexibility index (Phi) is 2.46. The summed E-state index contributed by atoms with van der Waals surface area (Å²) < 4.78 is 0. The molecule has 0 spiro atoms. The van der Waals surface area contributed by atoms with Crippen LogP contribution in [0.1, 0.15) is 11.5 Å². The predicted octanol–water partition coefficient (Wildman–Crippen LogP) is 1.85. The van der Waals surface area contributed by atoms with E-state index in [2.05, 4.69) is 21.0 Å². The van der Waals surface area contributed by atoms with Crippen LogP contribution >= 0.6 is 0 Å². The average molecular weight is 198 g/mol. The Bertz CT molecular complexity index is 494. The lowest BCUT2D eigenvalue weighted by atomic mass is 10.2. The summed E-state index contributed by atoms with van der Waals surface area (Å²) in [7, 11) is 0. The van der Waals surface area contributed by atoms with Crippen LogP contribution in [0.3, 0.4) is 0 Å². The smallest absolute Gasteiger partial charge is 0.143 e. The van der Waals surface area contributed by atoms with Gasteiger partial charge in [-0.3, -0.25) is 0 Å². The molecule has 74 valence electrons. The van der Waals surface area contributed by atoms with Gasteiger partial charge in [-0.15, -0.1) is 0 Å². The summed E-state index contributed by atoms with van der Waals surface area (Å²) in [5.41, 5.74) is 2.75. The Balaban J connectivity index is 2.45. The molecule has 0 aromatic carbocycles. The molecule has 0 amide bonds. The number of H-pyrrole nitrogens is 1. The van der Waals surface area contributed by atoms with Crippen LogP contribution in [-0.4, -0.2) is 15.0 Å². The van der Waals surface area contributed by atoms with Crippen LogP contribution in [0.15, 0.2) is 24.5 Å². The molecule has 0 aliphatic carbocycles. The summed E-state index contributed by atoms with van der Waals surface area (Å²) in [5.74, 6) is 0.578. The van der Waals surface area contributed by atoms with Crippen LogP contribution in [0, 0.1) is 18.3 Å². The number of nitrogens with one attached hydrogen (secondary N) is 1. The van der Waals surface area contributed by atoms with Gasteiger partial charge in [0.15, 0.2) is 0 Å². The summed E-state index contributed by atoms with van der Waals surface area (Å²) in [6, 6.07) is 5.90. The van der Waals surface area contributed by atoms with Crippen molar-refractivity contribution in [2.75, 3.05) is 0 Å². The van der Waals surface area contributed by atoms with Crippen molar-refractivity contribution in [2.24, 2.45) is 0 Å². The molecule has 4 nitrogen and oxygen atoms in total. The number of nitrogens with zero attached hydrogens (tertiary/aromatic N) is 3. The highest BCUT2D eigenvalue weighted by Gasteiger charge is 2.04. The van der Waals surface area contributed by atoms with Crippen molar-refractivity contribution in [2.45, 2.75) is 13.3 Å². The normalized spacial score (nSPS) is 9.87. The van der Waals surface area contributed by atoms with Gasteiger partial charge in [0.05, 0.1) is 18.2 Å². The molecule has 2 aromatic rings. The number of aromatic nitrogens is 3. The molecular weight excluding hydrogens is 188 g/mol. The van der Waals surface area contributed by atoms with E-state index in [0.717, 1.165) is 17.0 Å². The summed E-state index contributed by atoms with van der Waals surface area (Å²) >= 11 is 0. The summed E-state index contributed by atoms with van der Waals surface area (Å²) in [6.07, 6.45) is 3.97. The monoisotopic (exact) mass is 198 g/mol. The van der Waals surface area contributed by atoms with Crippen LogP contribution in [0.4, 0.5) is 0 Å². The highest BCUT2D eigenvalue weighted by Crippen LogP contribution is 2.16. The Hall–Kier alpha value is -2.15. The minimum Gasteiger partial charge on any atom is -0.367 e. The fourth-order valence-electron chi connectivity index (χ4n) is 1.41. The zero-order valence-corrected chi connectivity index (χ0v) is 8.36. The number of hydrogen-bond donors (Lipinski definition) is 1. The fourth-order valence-corrected chi connectivity index (χ4v) is 1.41. The molecule has 2 heterocycles. The van der Waals surface area contributed by atoms with Gasteiger partial charge in [0.25, 0.3) is 0 Å². The molecule has 2 rings (SSSR count). The van der Waals surface area contributed by atoms with E-state index < -0.39 is 0 Å². The molecule has 4 heteroatoms. The minimum atomic E-state index is 0.249. The highest BCUT2D eigenvalue weighted by molar-refractivity contribution is 5.58. The Morgan fingerprint density at radius 3 is 3.00 bits per heavy atom. The molecule has 1 N–H and O–H groups in total. The van der Waals surface area contributed by atoms with Gasteiger partial charge in [0, 0.05) is 23.7 Å². The number of nitriles is 1. The topological polar surface area (TPSA) is 65.4 Å². The Labute approximate surface area is 87.6 Å². The predicted molar refractivity (Wildman–Crippen MR) is 55.9 cm³/mol. The lowest BCUT2D eigenvalue weighted by Gasteiger charge is -2.01. The molecule has 15 heavy (non-hydrogen) atoms. The molecule has 0 aliphatic rings. The summed E-state index contributed by atoms with van der Waals surface area (Å²) in [4.78, 5) is 11.5. The molecule has 0 radical (unpaired) electrons. The SMILES string of the molecule is Cc1cc(-c2cc[nH]c2)nc(CC#N)n1. The van der Waals surface area contributed by atoms with Gasteiger partial charge in [0.2, 0.25) is 0 Å². The van der Waals surface area contributed by atoms with E-state index in [9.17, 15) is 0 Å². The van der Waals surface area contributed by atoms with Crippen molar-refractivity contribution in [3.63, 3.8) is 0 Å². The van der Waals surface area contributed by atoms with Gasteiger partial charge in [-0.2, -0.15) is 5.26 Å². The van der Waals surface area contributed by atoms with E-state index in [1.807, 2.05) is 31.5 Å². The molecular formula is C11H10N4. The molecule has 0 atom stereocenters. The molecule has 0 fully saturated rings. The van der Waals surface area contributed by atoms with Crippen LogP contribution in [0.5, 0.6) is 0 Å². The second kappa shape index (κ2) is 3.93. The molecule has 0 bridgehead atoms. The second-order valence-corrected chi connectivity index (χ2v) is 3.25. The van der Waals surface area contributed by atoms with Gasteiger partial charge in [-0.05, 0) is 19.1 Å². The van der Waals surface area contributed by atoms with Gasteiger partial charge < -0.3 is 4.98 Å². The first-order chi connectivity index (χ1) is 7.29. The van der Waals surface area contributed by atoms with E-state index in [-0.39, 0.29) is 6.42 Å². The molecule has 2 aromatic heterocycles. The van der Waals surface area contributed by atoms with Gasteiger partial charge in [0.1, 0.15) is 5.82 Å². The average Bonchev–Trinajstić information content (AvgIpc) is 2.70. The zero-order chi connectivity index (χ0) is 10.7. The third kappa shape index (κ3) is 2.02. The van der Waals surface area contributed by atoms with E-state index in [1.165, 1.54) is 0 Å². The van der Waals surface area contributed by atoms with Gasteiger partial charge in [-0.1, -0.05) is 0 Å². The summed E-state index contributed by atoms with van der Waals surface area (Å²) in [5, 5.41) is 8.60.